The van der Waals surface area contributed by atoms with Crippen LogP contribution < -0.4 is 0 Å². The van der Waals surface area contributed by atoms with Gasteiger partial charge >= 0.3 is 0 Å². The molecule has 0 aliphatic carbocycles. The summed E-state index contributed by atoms with van der Waals surface area (Å²) >= 11 is 0. The molecule has 0 heteroatoms. The molecule has 0 spiro atoms. The second kappa shape index (κ2) is 6.96. The maximum absolute atomic E-state index is 5.08. The molecule has 0 aromatic rings. The van der Waals surface area contributed by atoms with E-state index in [1.807, 2.05) is 24.3 Å². The Balaban J connectivity index is 3.33. The van der Waals surface area contributed by atoms with Crippen LogP contribution in [0.3, 0.4) is 0 Å². The minimum absolute atomic E-state index is 0.912. The Morgan fingerprint density at radius 2 is 2.00 bits per heavy atom. The van der Waals surface area contributed by atoms with Gasteiger partial charge in [0.2, 0.25) is 0 Å². The zero-order valence-corrected chi connectivity index (χ0v) is 5.46. The molecule has 0 aromatic carbocycles. The summed E-state index contributed by atoms with van der Waals surface area (Å²) in [6.07, 6.45) is 11.9. The lowest BCUT2D eigenvalue weighted by Crippen LogP contribution is -1.52. The van der Waals surface area contributed by atoms with Crippen LogP contribution in [-0.4, -0.2) is 0 Å². The van der Waals surface area contributed by atoms with Crippen LogP contribution in [0.5, 0.6) is 0 Å². The smallest absolute Gasteiger partial charge is 0.0169 e. The number of hydrogen-bond donors (Lipinski definition) is 0. The van der Waals surface area contributed by atoms with E-state index >= 15 is 0 Å². The molecule has 0 atom stereocenters. The third-order valence-electron chi connectivity index (χ3n) is 0.772. The number of rotatable bonds is 4. The van der Waals surface area contributed by atoms with E-state index < -0.39 is 0 Å². The Morgan fingerprint density at radius 3 is 2.56 bits per heavy atom. The molecule has 9 heavy (non-hydrogen) atoms. The Bertz CT molecular complexity index is 127. The van der Waals surface area contributed by atoms with Gasteiger partial charge in [-0.25, -0.2) is 0 Å². The van der Waals surface area contributed by atoms with Crippen LogP contribution in [-0.2, 0) is 0 Å². The minimum Gasteiger partial charge on any atom is -0.103 e. The van der Waals surface area contributed by atoms with E-state index in [9.17, 15) is 0 Å². The quantitative estimate of drug-likeness (QED) is 0.394. The number of hydrogen-bond acceptors (Lipinski definition) is 0. The summed E-state index contributed by atoms with van der Waals surface area (Å²) in [6.45, 7) is 8.65. The lowest BCUT2D eigenvalue weighted by molar-refractivity contribution is 1.41. The Hall–Kier alpha value is -1.04. The minimum atomic E-state index is 0.912. The van der Waals surface area contributed by atoms with Gasteiger partial charge < -0.3 is 0 Å². The summed E-state index contributed by atoms with van der Waals surface area (Å²) in [5.74, 6) is 0. The van der Waals surface area contributed by atoms with Gasteiger partial charge in [0.05, 0.1) is 0 Å². The Morgan fingerprint density at radius 1 is 1.22 bits per heavy atom. The molecule has 0 unspecified atom stereocenters. The molecule has 0 rings (SSSR count). The van der Waals surface area contributed by atoms with Crippen LogP contribution >= 0.6 is 0 Å². The van der Waals surface area contributed by atoms with E-state index in [1.54, 1.807) is 6.08 Å². The zero-order valence-electron chi connectivity index (χ0n) is 5.46. The molecular weight excluding hydrogens is 108 g/mol. The third kappa shape index (κ3) is 6.96. The summed E-state index contributed by atoms with van der Waals surface area (Å²) in [5, 5.41) is 0. The van der Waals surface area contributed by atoms with E-state index in [1.165, 1.54) is 6.08 Å². The highest BCUT2D eigenvalue weighted by molar-refractivity contribution is 5.08. The molecule has 0 nitrogen and oxygen atoms in total. The van der Waals surface area contributed by atoms with E-state index in [-0.39, 0.29) is 0 Å². The van der Waals surface area contributed by atoms with Gasteiger partial charge in [0.25, 0.3) is 0 Å². The maximum Gasteiger partial charge on any atom is -0.0169 e. The van der Waals surface area contributed by atoms with E-state index in [0.29, 0.717) is 0 Å². The fourth-order valence-electron chi connectivity index (χ4n) is 0.382. The molecule has 47 valence electrons. The van der Waals surface area contributed by atoms with Gasteiger partial charge in [0.15, 0.2) is 0 Å². The van der Waals surface area contributed by atoms with Crippen molar-refractivity contribution < 1.29 is 0 Å². The molecule has 0 aromatic heterocycles. The van der Waals surface area contributed by atoms with E-state index in [2.05, 4.69) is 6.58 Å². The van der Waals surface area contributed by atoms with Gasteiger partial charge in [0.1, 0.15) is 0 Å². The Kier molecular flexibility index (Phi) is 6.16. The topological polar surface area (TPSA) is 0 Å². The van der Waals surface area contributed by atoms with Crippen molar-refractivity contribution in [1.82, 2.24) is 0 Å². The Labute approximate surface area is 56.9 Å². The van der Waals surface area contributed by atoms with Crippen LogP contribution in [0.25, 0.3) is 0 Å². The highest BCUT2D eigenvalue weighted by atomic mass is 13.7. The van der Waals surface area contributed by atoms with Crippen LogP contribution in [0, 0.1) is 6.58 Å². The fourth-order valence-corrected chi connectivity index (χ4v) is 0.382. The largest absolute Gasteiger partial charge is 0.103 e. The molecule has 0 fully saturated rings. The van der Waals surface area contributed by atoms with Crippen LogP contribution in [0.15, 0.2) is 43.0 Å². The first-order valence-electron chi connectivity index (χ1n) is 2.89. The lowest BCUT2D eigenvalue weighted by atomic mass is 10.3. The molecule has 0 bridgehead atoms. The fraction of sp³-hybridized carbons (Fsp3) is 0.111. The summed E-state index contributed by atoms with van der Waals surface area (Å²) < 4.78 is 0. The van der Waals surface area contributed by atoms with Crippen molar-refractivity contribution in [1.29, 1.82) is 0 Å². The van der Waals surface area contributed by atoms with Gasteiger partial charge in [-0.3, -0.25) is 0 Å². The maximum atomic E-state index is 5.08. The van der Waals surface area contributed by atoms with Gasteiger partial charge in [-0.2, -0.15) is 0 Å². The lowest BCUT2D eigenvalue weighted by Gasteiger charge is -1.73. The third-order valence-corrected chi connectivity index (χ3v) is 0.772. The second-order valence-corrected chi connectivity index (χ2v) is 1.53. The monoisotopic (exact) mass is 119 g/mol. The summed E-state index contributed by atoms with van der Waals surface area (Å²) in [6, 6.07) is 0. The summed E-state index contributed by atoms with van der Waals surface area (Å²) in [7, 11) is 0. The van der Waals surface area contributed by atoms with Crippen molar-refractivity contribution in [3.8, 4) is 0 Å². The first-order chi connectivity index (χ1) is 4.41. The first-order valence-corrected chi connectivity index (χ1v) is 2.89. The molecule has 0 amide bonds. The normalized spacial score (nSPS) is 10.7. The predicted molar refractivity (Wildman–Crippen MR) is 42.0 cm³/mol. The molecule has 0 heterocycles. The van der Waals surface area contributed by atoms with Gasteiger partial charge in [-0.15, -0.1) is 6.58 Å². The second-order valence-electron chi connectivity index (χ2n) is 1.53. The molecule has 0 saturated carbocycles. The van der Waals surface area contributed by atoms with Crippen molar-refractivity contribution >= 4 is 0 Å². The predicted octanol–water partition coefficient (Wildman–Crippen LogP) is 2.66. The van der Waals surface area contributed by atoms with Gasteiger partial charge in [-0.05, 0) is 6.42 Å². The van der Waals surface area contributed by atoms with Crippen LogP contribution in [0.4, 0.5) is 0 Å². The van der Waals surface area contributed by atoms with Crippen molar-refractivity contribution in [3.63, 3.8) is 0 Å². The highest BCUT2D eigenvalue weighted by Gasteiger charge is 1.62. The van der Waals surface area contributed by atoms with E-state index in [4.69, 9.17) is 6.58 Å². The molecule has 0 aliphatic heterocycles. The molecule has 1 radical (unpaired) electrons. The molecule has 0 aliphatic rings. The van der Waals surface area contributed by atoms with Crippen molar-refractivity contribution in [3.05, 3.63) is 49.6 Å². The van der Waals surface area contributed by atoms with Crippen LogP contribution in [0.1, 0.15) is 6.42 Å². The first kappa shape index (κ1) is 7.96. The number of allylic oxidation sites excluding steroid dienone is 6. The summed E-state index contributed by atoms with van der Waals surface area (Å²) in [4.78, 5) is 0. The van der Waals surface area contributed by atoms with Gasteiger partial charge in [-0.1, -0.05) is 43.0 Å². The van der Waals surface area contributed by atoms with Crippen molar-refractivity contribution in [2.24, 2.45) is 0 Å². The van der Waals surface area contributed by atoms with Crippen LogP contribution in [0.2, 0.25) is 0 Å². The standard InChI is InChI=1S/C9H11/c1-3-5-7-9-8-6-4-2/h1,3-5,7-9H,2,6H2. The average molecular weight is 119 g/mol. The SMILES string of the molecule is [CH]=CC=CC=CCC=C. The van der Waals surface area contributed by atoms with E-state index in [0.717, 1.165) is 6.42 Å². The molecule has 0 N–H and O–H groups in total. The van der Waals surface area contributed by atoms with Gasteiger partial charge in [0, 0.05) is 0 Å². The average Bonchev–Trinajstić information content (AvgIpc) is 1.89. The summed E-state index contributed by atoms with van der Waals surface area (Å²) in [5.41, 5.74) is 0. The zero-order chi connectivity index (χ0) is 6.95. The molecular formula is C9H11. The van der Waals surface area contributed by atoms with Crippen molar-refractivity contribution in [2.45, 2.75) is 6.42 Å². The van der Waals surface area contributed by atoms with Crippen molar-refractivity contribution in [2.75, 3.05) is 0 Å². The molecule has 0 saturated heterocycles. The highest BCUT2D eigenvalue weighted by Crippen LogP contribution is 1.83.